The van der Waals surface area contributed by atoms with Gasteiger partial charge in [-0.3, -0.25) is 9.67 Å². The van der Waals surface area contributed by atoms with E-state index in [0.29, 0.717) is 0 Å². The molecule has 0 spiro atoms. The van der Waals surface area contributed by atoms with Gasteiger partial charge in [0.25, 0.3) is 0 Å². The van der Waals surface area contributed by atoms with Gasteiger partial charge in [-0.05, 0) is 38.5 Å². The van der Waals surface area contributed by atoms with Crippen LogP contribution >= 0.6 is 0 Å². The number of aromatic nitrogens is 2. The summed E-state index contributed by atoms with van der Waals surface area (Å²) in [4.78, 5) is 4.21. The van der Waals surface area contributed by atoms with Crippen molar-refractivity contribution in [2.45, 2.75) is 33.2 Å². The highest BCUT2D eigenvalue weighted by atomic mass is 16.3. The third-order valence-corrected chi connectivity index (χ3v) is 3.41. The minimum absolute atomic E-state index is 0.796. The molecule has 2 aromatic rings. The van der Waals surface area contributed by atoms with Gasteiger partial charge in [0.1, 0.15) is 5.76 Å². The van der Waals surface area contributed by atoms with Crippen LogP contribution in [0.2, 0.25) is 0 Å². The van der Waals surface area contributed by atoms with Crippen LogP contribution in [0.15, 0.2) is 33.9 Å². The Balaban J connectivity index is 1.63. The van der Waals surface area contributed by atoms with Crippen LogP contribution in [0.4, 0.5) is 0 Å². The maximum Gasteiger partial charge on any atom is 0.190 e. The molecule has 0 aliphatic heterocycles. The van der Waals surface area contributed by atoms with E-state index < -0.39 is 0 Å². The summed E-state index contributed by atoms with van der Waals surface area (Å²) in [5.41, 5.74) is 2.28. The van der Waals surface area contributed by atoms with Gasteiger partial charge >= 0.3 is 0 Å². The van der Waals surface area contributed by atoms with E-state index in [1.807, 2.05) is 23.7 Å². The standard InChI is InChI=1S/C16H25N5O/c1-13-12-14(2)21(20-13)10-5-8-18-16(17-3)19-9-7-15-6-4-11-22-15/h4,6,11-12H,5,7-10H2,1-3H3,(H2,17,18,19). The number of hydrogen-bond acceptors (Lipinski definition) is 3. The molecule has 22 heavy (non-hydrogen) atoms. The molecule has 0 amide bonds. The zero-order valence-corrected chi connectivity index (χ0v) is 13.6. The second-order valence-corrected chi connectivity index (χ2v) is 5.26. The molecule has 0 aliphatic rings. The lowest BCUT2D eigenvalue weighted by molar-refractivity contribution is 0.506. The molecule has 0 unspecified atom stereocenters. The molecule has 2 heterocycles. The molecule has 6 heteroatoms. The number of nitrogens with zero attached hydrogens (tertiary/aromatic N) is 3. The number of guanidine groups is 1. The molecule has 2 N–H and O–H groups in total. The van der Waals surface area contributed by atoms with Crippen molar-refractivity contribution >= 4 is 5.96 Å². The van der Waals surface area contributed by atoms with Gasteiger partial charge in [-0.25, -0.2) is 0 Å². The topological polar surface area (TPSA) is 67.4 Å². The Morgan fingerprint density at radius 1 is 1.32 bits per heavy atom. The summed E-state index contributed by atoms with van der Waals surface area (Å²) >= 11 is 0. The van der Waals surface area contributed by atoms with E-state index in [1.54, 1.807) is 13.3 Å². The van der Waals surface area contributed by atoms with E-state index in [0.717, 1.165) is 49.9 Å². The molecule has 2 aromatic heterocycles. The smallest absolute Gasteiger partial charge is 0.190 e. The van der Waals surface area contributed by atoms with E-state index >= 15 is 0 Å². The van der Waals surface area contributed by atoms with Crippen molar-refractivity contribution in [1.82, 2.24) is 20.4 Å². The average Bonchev–Trinajstić information content (AvgIpc) is 3.11. The van der Waals surface area contributed by atoms with Crippen molar-refractivity contribution < 1.29 is 4.42 Å². The fraction of sp³-hybridized carbons (Fsp3) is 0.500. The van der Waals surface area contributed by atoms with Gasteiger partial charge in [-0.15, -0.1) is 0 Å². The highest BCUT2D eigenvalue weighted by Gasteiger charge is 2.02. The first-order chi connectivity index (χ1) is 10.7. The second-order valence-electron chi connectivity index (χ2n) is 5.26. The van der Waals surface area contributed by atoms with Crippen molar-refractivity contribution in [1.29, 1.82) is 0 Å². The predicted octanol–water partition coefficient (Wildman–Crippen LogP) is 1.89. The van der Waals surface area contributed by atoms with Gasteiger partial charge in [-0.1, -0.05) is 0 Å². The third-order valence-electron chi connectivity index (χ3n) is 3.41. The molecule has 6 nitrogen and oxygen atoms in total. The zero-order valence-electron chi connectivity index (χ0n) is 13.6. The third kappa shape index (κ3) is 4.95. The fourth-order valence-electron chi connectivity index (χ4n) is 2.32. The molecule has 0 saturated heterocycles. The van der Waals surface area contributed by atoms with Crippen LogP contribution in [-0.4, -0.2) is 35.9 Å². The summed E-state index contributed by atoms with van der Waals surface area (Å²) in [6, 6.07) is 5.98. The molecular formula is C16H25N5O. The van der Waals surface area contributed by atoms with Gasteiger partial charge in [0.05, 0.1) is 12.0 Å². The van der Waals surface area contributed by atoms with Gasteiger partial charge in [0.2, 0.25) is 0 Å². The lowest BCUT2D eigenvalue weighted by atomic mass is 10.3. The minimum atomic E-state index is 0.796. The molecule has 0 radical (unpaired) electrons. The van der Waals surface area contributed by atoms with Crippen LogP contribution in [0.1, 0.15) is 23.6 Å². The molecule has 120 valence electrons. The van der Waals surface area contributed by atoms with Crippen molar-refractivity contribution in [3.05, 3.63) is 41.6 Å². The Labute approximate surface area is 131 Å². The summed E-state index contributed by atoms with van der Waals surface area (Å²) in [6.07, 6.45) is 3.54. The monoisotopic (exact) mass is 303 g/mol. The number of hydrogen-bond donors (Lipinski definition) is 2. The first kappa shape index (κ1) is 16.1. The van der Waals surface area contributed by atoms with Crippen LogP contribution in [0.3, 0.4) is 0 Å². The van der Waals surface area contributed by atoms with Crippen LogP contribution in [0, 0.1) is 13.8 Å². The molecule has 0 atom stereocenters. The SMILES string of the molecule is CN=C(NCCCn1nc(C)cc1C)NCCc1ccco1. The van der Waals surface area contributed by atoms with Crippen molar-refractivity contribution in [3.63, 3.8) is 0 Å². The Bertz CT molecular complexity index is 586. The Hall–Kier alpha value is -2.24. The maximum absolute atomic E-state index is 5.30. The predicted molar refractivity (Wildman–Crippen MR) is 88.1 cm³/mol. The summed E-state index contributed by atoms with van der Waals surface area (Å²) in [5, 5.41) is 11.0. The largest absolute Gasteiger partial charge is 0.469 e. The van der Waals surface area contributed by atoms with E-state index in [9.17, 15) is 0 Å². The summed E-state index contributed by atoms with van der Waals surface area (Å²) < 4.78 is 7.35. The van der Waals surface area contributed by atoms with E-state index in [-0.39, 0.29) is 0 Å². The van der Waals surface area contributed by atoms with Crippen LogP contribution in [0.25, 0.3) is 0 Å². The molecule has 2 rings (SSSR count). The highest BCUT2D eigenvalue weighted by Crippen LogP contribution is 2.02. The normalized spacial score (nSPS) is 11.7. The molecule has 0 saturated carbocycles. The molecule has 0 aliphatic carbocycles. The first-order valence-corrected chi connectivity index (χ1v) is 7.67. The number of aryl methyl sites for hydroxylation is 3. The summed E-state index contributed by atoms with van der Waals surface area (Å²) in [7, 11) is 1.78. The van der Waals surface area contributed by atoms with Gasteiger partial charge in [0.15, 0.2) is 5.96 Å². The van der Waals surface area contributed by atoms with Gasteiger partial charge < -0.3 is 15.1 Å². The average molecular weight is 303 g/mol. The van der Waals surface area contributed by atoms with Crippen molar-refractivity contribution in [2.75, 3.05) is 20.1 Å². The second kappa shape index (κ2) is 8.26. The number of nitrogens with one attached hydrogen (secondary N) is 2. The molecular weight excluding hydrogens is 278 g/mol. The summed E-state index contributed by atoms with van der Waals surface area (Å²) in [6.45, 7) is 6.68. The molecule has 0 bridgehead atoms. The fourth-order valence-corrected chi connectivity index (χ4v) is 2.32. The lowest BCUT2D eigenvalue weighted by Crippen LogP contribution is -2.39. The quantitative estimate of drug-likeness (QED) is 0.466. The van der Waals surface area contributed by atoms with E-state index in [2.05, 4.69) is 33.7 Å². The Morgan fingerprint density at radius 3 is 2.77 bits per heavy atom. The van der Waals surface area contributed by atoms with Crippen molar-refractivity contribution in [3.8, 4) is 0 Å². The zero-order chi connectivity index (χ0) is 15.8. The Kier molecular flexibility index (Phi) is 6.06. The molecule has 0 aromatic carbocycles. The van der Waals surface area contributed by atoms with Gasteiger partial charge in [0, 0.05) is 38.8 Å². The van der Waals surface area contributed by atoms with Crippen LogP contribution in [0.5, 0.6) is 0 Å². The number of rotatable bonds is 7. The highest BCUT2D eigenvalue weighted by molar-refractivity contribution is 5.79. The molecule has 0 fully saturated rings. The Morgan fingerprint density at radius 2 is 2.14 bits per heavy atom. The van der Waals surface area contributed by atoms with E-state index in [4.69, 9.17) is 4.42 Å². The van der Waals surface area contributed by atoms with Crippen molar-refractivity contribution in [2.24, 2.45) is 4.99 Å². The lowest BCUT2D eigenvalue weighted by Gasteiger charge is -2.11. The van der Waals surface area contributed by atoms with Gasteiger partial charge in [-0.2, -0.15) is 5.10 Å². The number of furan rings is 1. The van der Waals surface area contributed by atoms with E-state index in [1.165, 1.54) is 5.69 Å². The maximum atomic E-state index is 5.30. The minimum Gasteiger partial charge on any atom is -0.469 e. The first-order valence-electron chi connectivity index (χ1n) is 7.67. The summed E-state index contributed by atoms with van der Waals surface area (Å²) in [5.74, 6) is 1.80. The van der Waals surface area contributed by atoms with Crippen LogP contribution < -0.4 is 10.6 Å². The van der Waals surface area contributed by atoms with Crippen LogP contribution in [-0.2, 0) is 13.0 Å². The number of aliphatic imine (C=N–C) groups is 1.